The third kappa shape index (κ3) is 2.52. The predicted octanol–water partition coefficient (Wildman–Crippen LogP) is 2.71. The average molecular weight is 314 g/mol. The van der Waals surface area contributed by atoms with Gasteiger partial charge < -0.3 is 14.4 Å². The Morgan fingerprint density at radius 3 is 2.61 bits per heavy atom. The van der Waals surface area contributed by atoms with Crippen molar-refractivity contribution in [3.05, 3.63) is 23.8 Å². The maximum absolute atomic E-state index is 12.7. The molecule has 1 aromatic rings. The van der Waals surface area contributed by atoms with Gasteiger partial charge in [0.15, 0.2) is 0 Å². The van der Waals surface area contributed by atoms with Gasteiger partial charge in [-0.25, -0.2) is 0 Å². The van der Waals surface area contributed by atoms with Crippen molar-refractivity contribution >= 4 is 5.91 Å². The molecule has 1 aromatic carbocycles. The third-order valence-electron chi connectivity index (χ3n) is 5.31. The van der Waals surface area contributed by atoms with Crippen LogP contribution in [0.15, 0.2) is 18.2 Å². The molecule has 5 heteroatoms. The quantitative estimate of drug-likeness (QED) is 0.838. The van der Waals surface area contributed by atoms with Gasteiger partial charge in [-0.2, -0.15) is 5.26 Å². The first-order valence-electron chi connectivity index (χ1n) is 7.97. The summed E-state index contributed by atoms with van der Waals surface area (Å²) < 4.78 is 10.7. The molecular weight excluding hydrogens is 292 g/mol. The molecule has 0 radical (unpaired) electrons. The number of hydrogen-bond donors (Lipinski definition) is 0. The van der Waals surface area contributed by atoms with Crippen LogP contribution in [0.3, 0.4) is 0 Å². The molecule has 1 amide bonds. The maximum Gasteiger partial charge on any atom is 0.227 e. The number of carbonyl (C=O) groups is 1. The number of hydrogen-bond acceptors (Lipinski definition) is 4. The zero-order valence-corrected chi connectivity index (χ0v) is 13.8. The molecule has 2 saturated carbocycles. The highest BCUT2D eigenvalue weighted by molar-refractivity contribution is 5.84. The van der Waals surface area contributed by atoms with Crippen molar-refractivity contribution < 1.29 is 14.3 Å². The smallest absolute Gasteiger partial charge is 0.227 e. The Kier molecular flexibility index (Phi) is 3.93. The van der Waals surface area contributed by atoms with Crippen LogP contribution in [0, 0.1) is 17.2 Å². The Hall–Kier alpha value is -2.22. The van der Waals surface area contributed by atoms with Gasteiger partial charge in [-0.05, 0) is 43.9 Å². The fourth-order valence-corrected chi connectivity index (χ4v) is 3.43. The molecular formula is C18H22N2O3. The minimum absolute atomic E-state index is 0.0631. The van der Waals surface area contributed by atoms with Crippen molar-refractivity contribution in [1.29, 1.82) is 5.26 Å². The van der Waals surface area contributed by atoms with E-state index in [0.717, 1.165) is 42.7 Å². The summed E-state index contributed by atoms with van der Waals surface area (Å²) in [7, 11) is 5.03. The van der Waals surface area contributed by atoms with Crippen LogP contribution in [0.5, 0.6) is 11.5 Å². The lowest BCUT2D eigenvalue weighted by Crippen LogP contribution is -2.53. The van der Waals surface area contributed by atoms with Crippen LogP contribution in [-0.2, 0) is 4.79 Å². The molecule has 0 bridgehead atoms. The van der Waals surface area contributed by atoms with Crippen molar-refractivity contribution in [3.8, 4) is 17.6 Å². The summed E-state index contributed by atoms with van der Waals surface area (Å²) in [4.78, 5) is 14.4. The van der Waals surface area contributed by atoms with Crippen LogP contribution in [0.1, 0.15) is 37.2 Å². The van der Waals surface area contributed by atoms with Gasteiger partial charge >= 0.3 is 0 Å². The number of nitriles is 1. The van der Waals surface area contributed by atoms with Crippen LogP contribution in [-0.4, -0.2) is 37.6 Å². The Morgan fingerprint density at radius 1 is 1.35 bits per heavy atom. The molecule has 122 valence electrons. The topological polar surface area (TPSA) is 62.6 Å². The fourth-order valence-electron chi connectivity index (χ4n) is 3.43. The zero-order chi connectivity index (χ0) is 16.6. The monoisotopic (exact) mass is 314 g/mol. The van der Waals surface area contributed by atoms with Gasteiger partial charge in [-0.1, -0.05) is 0 Å². The third-order valence-corrected chi connectivity index (χ3v) is 5.31. The van der Waals surface area contributed by atoms with Crippen molar-refractivity contribution in [2.24, 2.45) is 5.92 Å². The van der Waals surface area contributed by atoms with Gasteiger partial charge in [0.2, 0.25) is 5.91 Å². The van der Waals surface area contributed by atoms with Gasteiger partial charge in [0.1, 0.15) is 17.0 Å². The van der Waals surface area contributed by atoms with Crippen molar-refractivity contribution in [3.63, 3.8) is 0 Å². The zero-order valence-electron chi connectivity index (χ0n) is 13.8. The van der Waals surface area contributed by atoms with Gasteiger partial charge in [0.25, 0.3) is 0 Å². The molecule has 0 unspecified atom stereocenters. The fraction of sp³-hybridized carbons (Fsp3) is 0.556. The Balaban J connectivity index is 1.77. The van der Waals surface area contributed by atoms with E-state index in [9.17, 15) is 10.1 Å². The molecule has 23 heavy (non-hydrogen) atoms. The summed E-state index contributed by atoms with van der Waals surface area (Å²) in [6.07, 6.45) is 3.38. The molecule has 2 aliphatic rings. The highest BCUT2D eigenvalue weighted by Gasteiger charge is 2.52. The van der Waals surface area contributed by atoms with E-state index < -0.39 is 5.54 Å². The van der Waals surface area contributed by atoms with Crippen LogP contribution in [0.25, 0.3) is 0 Å². The second-order valence-electron chi connectivity index (χ2n) is 6.45. The lowest BCUT2D eigenvalue weighted by atomic mass is 9.76. The Morgan fingerprint density at radius 2 is 2.09 bits per heavy atom. The first-order valence-corrected chi connectivity index (χ1v) is 7.97. The summed E-state index contributed by atoms with van der Waals surface area (Å²) in [6, 6.07) is 8.01. The van der Waals surface area contributed by atoms with E-state index in [1.165, 1.54) is 0 Å². The number of ether oxygens (including phenoxy) is 2. The van der Waals surface area contributed by atoms with Gasteiger partial charge in [-0.3, -0.25) is 4.79 Å². The van der Waals surface area contributed by atoms with Gasteiger partial charge in [-0.15, -0.1) is 0 Å². The summed E-state index contributed by atoms with van der Waals surface area (Å²) in [6.45, 7) is 0. The molecule has 2 atom stereocenters. The minimum atomic E-state index is -0.581. The van der Waals surface area contributed by atoms with Crippen LogP contribution < -0.4 is 9.47 Å². The summed E-state index contributed by atoms with van der Waals surface area (Å²) in [5.41, 5.74) is 0.432. The van der Waals surface area contributed by atoms with Crippen LogP contribution >= 0.6 is 0 Å². The molecule has 0 spiro atoms. The molecule has 0 N–H and O–H groups in total. The average Bonchev–Trinajstić information content (AvgIpc) is 3.33. The number of carbonyl (C=O) groups excluding carboxylic acids is 1. The number of nitrogens with zero attached hydrogens (tertiary/aromatic N) is 2. The van der Waals surface area contributed by atoms with E-state index in [1.54, 1.807) is 26.2 Å². The van der Waals surface area contributed by atoms with Crippen molar-refractivity contribution in [2.75, 3.05) is 21.3 Å². The highest BCUT2D eigenvalue weighted by Crippen LogP contribution is 2.53. The second-order valence-corrected chi connectivity index (χ2v) is 6.45. The second kappa shape index (κ2) is 5.77. The van der Waals surface area contributed by atoms with E-state index in [1.807, 2.05) is 18.2 Å². The van der Waals surface area contributed by atoms with Gasteiger partial charge in [0.05, 0.1) is 20.3 Å². The summed E-state index contributed by atoms with van der Waals surface area (Å²) in [5, 5.41) is 9.41. The normalized spacial score (nSPS) is 24.1. The number of benzene rings is 1. The molecule has 5 nitrogen and oxygen atoms in total. The first-order chi connectivity index (χ1) is 11.1. The number of methoxy groups -OCH3 is 2. The predicted molar refractivity (Wildman–Crippen MR) is 85.4 cm³/mol. The van der Waals surface area contributed by atoms with E-state index in [0.29, 0.717) is 0 Å². The Bertz CT molecular complexity index is 661. The number of rotatable bonds is 5. The molecule has 0 aromatic heterocycles. The van der Waals surface area contributed by atoms with E-state index >= 15 is 0 Å². The lowest BCUT2D eigenvalue weighted by Gasteiger charge is -2.43. The van der Waals surface area contributed by atoms with E-state index in [4.69, 9.17) is 9.47 Å². The molecule has 3 rings (SSSR count). The largest absolute Gasteiger partial charge is 0.497 e. The van der Waals surface area contributed by atoms with Crippen molar-refractivity contribution in [2.45, 2.75) is 37.1 Å². The van der Waals surface area contributed by atoms with Crippen molar-refractivity contribution in [1.82, 2.24) is 4.90 Å². The summed E-state index contributed by atoms with van der Waals surface area (Å²) >= 11 is 0. The highest BCUT2D eigenvalue weighted by atomic mass is 16.5. The maximum atomic E-state index is 12.7. The number of amides is 1. The van der Waals surface area contributed by atoms with E-state index in [2.05, 4.69) is 6.07 Å². The minimum Gasteiger partial charge on any atom is -0.497 e. The molecule has 2 fully saturated rings. The van der Waals surface area contributed by atoms with Crippen LogP contribution in [0.2, 0.25) is 0 Å². The van der Waals surface area contributed by atoms with Crippen LogP contribution in [0.4, 0.5) is 0 Å². The first kappa shape index (κ1) is 15.7. The lowest BCUT2D eigenvalue weighted by molar-refractivity contribution is -0.137. The SMILES string of the molecule is COc1ccc(OC)c([C@H]2C[C@@H]2C(=O)N(C)C2(C#N)CCC2)c1. The summed E-state index contributed by atoms with van der Waals surface area (Å²) in [5.74, 6) is 1.70. The van der Waals surface area contributed by atoms with Gasteiger partial charge in [0, 0.05) is 24.4 Å². The molecule has 0 aliphatic heterocycles. The standard InChI is InChI=1S/C18H22N2O3/c1-20(18(11-19)7-4-8-18)17(21)15-10-13(15)14-9-12(22-2)5-6-16(14)23-3/h5-6,9,13,15H,4,7-8,10H2,1-3H3/t13-,15+/m1/s1. The molecule has 0 saturated heterocycles. The molecule has 0 heterocycles. The molecule has 2 aliphatic carbocycles. The van der Waals surface area contributed by atoms with E-state index in [-0.39, 0.29) is 17.7 Å². The Labute approximate surface area is 136 Å².